The molecule has 0 radical (unpaired) electrons. The molecule has 0 aromatic heterocycles. The lowest BCUT2D eigenvalue weighted by atomic mass is 9.98. The lowest BCUT2D eigenvalue weighted by Gasteiger charge is -2.28. The molecule has 10 nitrogen and oxygen atoms in total. The van der Waals surface area contributed by atoms with Gasteiger partial charge in [-0.05, 0) is 62.3 Å². The lowest BCUT2D eigenvalue weighted by Crippen LogP contribution is -2.45. The maximum absolute atomic E-state index is 12.5. The van der Waals surface area contributed by atoms with Crippen LogP contribution in [0.4, 0.5) is 9.59 Å². The van der Waals surface area contributed by atoms with E-state index in [0.717, 1.165) is 35.1 Å². The Labute approximate surface area is 234 Å². The van der Waals surface area contributed by atoms with Gasteiger partial charge in [-0.1, -0.05) is 48.5 Å². The van der Waals surface area contributed by atoms with Gasteiger partial charge in [-0.2, -0.15) is 0 Å². The molecule has 214 valence electrons. The van der Waals surface area contributed by atoms with Crippen molar-refractivity contribution in [2.24, 2.45) is 0 Å². The van der Waals surface area contributed by atoms with Crippen LogP contribution in [0.1, 0.15) is 63.5 Å². The van der Waals surface area contributed by atoms with Crippen molar-refractivity contribution in [3.8, 4) is 11.1 Å². The predicted octanol–water partition coefficient (Wildman–Crippen LogP) is 4.27. The molecule has 40 heavy (non-hydrogen) atoms. The second kappa shape index (κ2) is 12.4. The first-order valence-corrected chi connectivity index (χ1v) is 13.6. The second-order valence-electron chi connectivity index (χ2n) is 11.2. The van der Waals surface area contributed by atoms with E-state index in [1.54, 1.807) is 25.7 Å². The maximum Gasteiger partial charge on any atom is 0.410 e. The number of carbonyl (C=O) groups excluding carboxylic acids is 3. The Morgan fingerprint density at radius 1 is 1.02 bits per heavy atom. The smallest absolute Gasteiger partial charge is 0.410 e. The van der Waals surface area contributed by atoms with Crippen molar-refractivity contribution in [1.29, 1.82) is 0 Å². The van der Waals surface area contributed by atoms with Crippen molar-refractivity contribution in [2.75, 3.05) is 19.7 Å². The van der Waals surface area contributed by atoms with E-state index in [0.29, 0.717) is 6.54 Å². The molecular formula is C30H37N3O7. The van der Waals surface area contributed by atoms with Crippen LogP contribution < -0.4 is 10.6 Å². The zero-order chi connectivity index (χ0) is 28.9. The Morgan fingerprint density at radius 2 is 1.65 bits per heavy atom. The van der Waals surface area contributed by atoms with Gasteiger partial charge >= 0.3 is 18.2 Å². The summed E-state index contributed by atoms with van der Waals surface area (Å²) in [4.78, 5) is 50.8. The SMILES string of the molecule is CC(C)(C)OC(=O)N1CCC[C@@H]1CNC(=O)CC[C@H](NC(=O)OCC1c2ccccc2-c2ccccc21)C(=O)O. The van der Waals surface area contributed by atoms with Gasteiger partial charge in [0.2, 0.25) is 5.91 Å². The van der Waals surface area contributed by atoms with Gasteiger partial charge in [-0.15, -0.1) is 0 Å². The van der Waals surface area contributed by atoms with Crippen molar-refractivity contribution in [3.05, 3.63) is 59.7 Å². The number of ether oxygens (including phenoxy) is 2. The highest BCUT2D eigenvalue weighted by Gasteiger charge is 2.33. The minimum absolute atomic E-state index is 0.0578. The molecule has 2 aromatic carbocycles. The van der Waals surface area contributed by atoms with Crippen LogP contribution in [0.5, 0.6) is 0 Å². The van der Waals surface area contributed by atoms with Crippen LogP contribution >= 0.6 is 0 Å². The quantitative estimate of drug-likeness (QED) is 0.424. The maximum atomic E-state index is 12.5. The number of alkyl carbamates (subject to hydrolysis) is 1. The summed E-state index contributed by atoms with van der Waals surface area (Å²) in [6.45, 7) is 6.26. The summed E-state index contributed by atoms with van der Waals surface area (Å²) in [6, 6.07) is 14.4. The van der Waals surface area contributed by atoms with Crippen LogP contribution in [0, 0.1) is 0 Å². The fourth-order valence-electron chi connectivity index (χ4n) is 5.24. The number of likely N-dealkylation sites (tertiary alicyclic amines) is 1. The standard InChI is InChI=1S/C30H37N3O7/c1-30(2,3)40-29(38)33-16-8-9-19(33)17-31-26(34)15-14-25(27(35)36)32-28(37)39-18-24-22-12-6-4-10-20(22)21-11-5-7-13-23(21)24/h4-7,10-13,19,24-25H,8-9,14-18H2,1-3H3,(H,31,34)(H,32,37)(H,35,36)/t19-,25+/m1/s1. The molecule has 1 aliphatic carbocycles. The number of hydrogen-bond donors (Lipinski definition) is 3. The molecule has 3 amide bonds. The van der Waals surface area contributed by atoms with Crippen molar-refractivity contribution in [1.82, 2.24) is 15.5 Å². The largest absolute Gasteiger partial charge is 0.480 e. The number of carboxylic acids is 1. The van der Waals surface area contributed by atoms with Crippen LogP contribution in [0.15, 0.2) is 48.5 Å². The summed E-state index contributed by atoms with van der Waals surface area (Å²) in [6.07, 6.45) is 0.0630. The number of carboxylic acid groups (broad SMARTS) is 1. The molecule has 1 heterocycles. The fraction of sp³-hybridized carbons (Fsp3) is 0.467. The van der Waals surface area contributed by atoms with Gasteiger partial charge in [-0.25, -0.2) is 14.4 Å². The van der Waals surface area contributed by atoms with Gasteiger partial charge in [0.1, 0.15) is 18.2 Å². The summed E-state index contributed by atoms with van der Waals surface area (Å²) in [5.41, 5.74) is 3.67. The van der Waals surface area contributed by atoms with Crippen LogP contribution in [-0.4, -0.2) is 71.5 Å². The first kappa shape index (κ1) is 28.9. The number of nitrogens with one attached hydrogen (secondary N) is 2. The van der Waals surface area contributed by atoms with Crippen LogP contribution in [0.3, 0.4) is 0 Å². The van der Waals surface area contributed by atoms with E-state index in [1.165, 1.54) is 0 Å². The van der Waals surface area contributed by atoms with Crippen molar-refractivity contribution in [3.63, 3.8) is 0 Å². The summed E-state index contributed by atoms with van der Waals surface area (Å²) in [5, 5.41) is 14.8. The number of amides is 3. The van der Waals surface area contributed by atoms with Gasteiger partial charge in [-0.3, -0.25) is 4.79 Å². The molecule has 1 saturated heterocycles. The predicted molar refractivity (Wildman–Crippen MR) is 148 cm³/mol. The number of fused-ring (bicyclic) bond motifs is 3. The number of rotatable bonds is 9. The first-order chi connectivity index (χ1) is 19.0. The highest BCUT2D eigenvalue weighted by atomic mass is 16.6. The van der Waals surface area contributed by atoms with Gasteiger partial charge in [0.15, 0.2) is 0 Å². The normalized spacial score (nSPS) is 17.0. The van der Waals surface area contributed by atoms with Crippen molar-refractivity contribution in [2.45, 2.75) is 70.1 Å². The number of benzene rings is 2. The fourth-order valence-corrected chi connectivity index (χ4v) is 5.24. The van der Waals surface area contributed by atoms with E-state index < -0.39 is 29.8 Å². The molecule has 0 unspecified atom stereocenters. The molecule has 0 spiro atoms. The zero-order valence-corrected chi connectivity index (χ0v) is 23.1. The number of carbonyl (C=O) groups is 4. The number of nitrogens with zero attached hydrogens (tertiary/aromatic N) is 1. The monoisotopic (exact) mass is 551 g/mol. The van der Waals surface area contributed by atoms with Crippen LogP contribution in [0.25, 0.3) is 11.1 Å². The highest BCUT2D eigenvalue weighted by molar-refractivity contribution is 5.82. The molecule has 1 fully saturated rings. The van der Waals surface area contributed by atoms with E-state index in [1.807, 2.05) is 48.5 Å². The Kier molecular flexibility index (Phi) is 8.96. The van der Waals surface area contributed by atoms with Gasteiger partial charge in [0, 0.05) is 25.4 Å². The summed E-state index contributed by atoms with van der Waals surface area (Å²) >= 11 is 0. The molecule has 3 N–H and O–H groups in total. The molecule has 1 aliphatic heterocycles. The third-order valence-corrected chi connectivity index (χ3v) is 7.13. The minimum atomic E-state index is -1.29. The minimum Gasteiger partial charge on any atom is -0.480 e. The first-order valence-electron chi connectivity index (χ1n) is 13.6. The Morgan fingerprint density at radius 3 is 2.25 bits per heavy atom. The Hall–Kier alpha value is -4.08. The van der Waals surface area contributed by atoms with E-state index in [4.69, 9.17) is 9.47 Å². The molecular weight excluding hydrogens is 514 g/mol. The van der Waals surface area contributed by atoms with Crippen molar-refractivity contribution < 1.29 is 33.8 Å². The molecule has 10 heteroatoms. The van der Waals surface area contributed by atoms with E-state index >= 15 is 0 Å². The second-order valence-corrected chi connectivity index (χ2v) is 11.2. The Bertz CT molecular complexity index is 1210. The van der Waals surface area contributed by atoms with Gasteiger partial charge in [0.05, 0.1) is 6.04 Å². The summed E-state index contributed by atoms with van der Waals surface area (Å²) in [7, 11) is 0. The van der Waals surface area contributed by atoms with Gasteiger partial charge in [0.25, 0.3) is 0 Å². The average Bonchev–Trinajstić information content (AvgIpc) is 3.50. The molecule has 2 aromatic rings. The average molecular weight is 552 g/mol. The summed E-state index contributed by atoms with van der Waals surface area (Å²) in [5.74, 6) is -1.77. The Balaban J connectivity index is 1.24. The topological polar surface area (TPSA) is 134 Å². The van der Waals surface area contributed by atoms with E-state index in [9.17, 15) is 24.3 Å². The van der Waals surface area contributed by atoms with Crippen molar-refractivity contribution >= 4 is 24.1 Å². The zero-order valence-electron chi connectivity index (χ0n) is 23.1. The molecule has 0 saturated carbocycles. The summed E-state index contributed by atoms with van der Waals surface area (Å²) < 4.78 is 10.9. The number of aliphatic carboxylic acids is 1. The third-order valence-electron chi connectivity index (χ3n) is 7.13. The van der Waals surface area contributed by atoms with Crippen LogP contribution in [0.2, 0.25) is 0 Å². The van der Waals surface area contributed by atoms with E-state index in [2.05, 4.69) is 10.6 Å². The molecule has 2 atom stereocenters. The molecule has 4 rings (SSSR count). The third kappa shape index (κ3) is 7.11. The van der Waals surface area contributed by atoms with Crippen LogP contribution in [-0.2, 0) is 19.1 Å². The highest BCUT2D eigenvalue weighted by Crippen LogP contribution is 2.44. The number of hydrogen-bond acceptors (Lipinski definition) is 6. The lowest BCUT2D eigenvalue weighted by molar-refractivity contribution is -0.139. The van der Waals surface area contributed by atoms with E-state index in [-0.39, 0.29) is 43.9 Å². The molecule has 2 aliphatic rings. The van der Waals surface area contributed by atoms with Gasteiger partial charge < -0.3 is 30.1 Å². The molecule has 0 bridgehead atoms.